The number of carbonyl (C=O) groups excluding carboxylic acids is 1. The standard InChI is InChI=1S/C30H40O/c1-24(13-8-9-14-25(2)16-11-18-27(4)23-31)15-10-17-26(3)20-21-29-28(5)19-12-22-30(29,6)7/h8-11,13-18,20-21,23H,12,19,22H2,1-7H3/b9-8+,15-10+,16-11+,21-20?,24-13+,25-14+,26-17+,27-18+. The van der Waals surface area contributed by atoms with Gasteiger partial charge in [0.15, 0.2) is 0 Å². The zero-order valence-electron chi connectivity index (χ0n) is 20.5. The molecule has 1 aliphatic carbocycles. The average molecular weight is 417 g/mol. The van der Waals surface area contributed by atoms with Gasteiger partial charge in [0.2, 0.25) is 0 Å². The van der Waals surface area contributed by atoms with Crippen molar-refractivity contribution in [2.24, 2.45) is 5.41 Å². The van der Waals surface area contributed by atoms with Gasteiger partial charge >= 0.3 is 0 Å². The van der Waals surface area contributed by atoms with Gasteiger partial charge in [-0.05, 0) is 70.4 Å². The second-order valence-electron chi connectivity index (χ2n) is 9.13. The summed E-state index contributed by atoms with van der Waals surface area (Å²) in [5.74, 6) is 0. The smallest absolute Gasteiger partial charge is 0.145 e. The molecule has 0 saturated heterocycles. The van der Waals surface area contributed by atoms with E-state index in [1.807, 2.05) is 43.4 Å². The number of hydrogen-bond acceptors (Lipinski definition) is 1. The lowest BCUT2D eigenvalue weighted by molar-refractivity contribution is -0.104. The fourth-order valence-corrected chi connectivity index (χ4v) is 3.55. The van der Waals surface area contributed by atoms with Crippen LogP contribution in [0.15, 0.2) is 106 Å². The van der Waals surface area contributed by atoms with Crippen molar-refractivity contribution in [2.75, 3.05) is 0 Å². The molecule has 0 aromatic carbocycles. The third kappa shape index (κ3) is 10.8. The van der Waals surface area contributed by atoms with E-state index in [4.69, 9.17) is 0 Å². The molecule has 0 saturated carbocycles. The minimum absolute atomic E-state index is 0.286. The minimum Gasteiger partial charge on any atom is -0.298 e. The molecular weight excluding hydrogens is 376 g/mol. The van der Waals surface area contributed by atoms with E-state index >= 15 is 0 Å². The van der Waals surface area contributed by atoms with E-state index in [1.54, 1.807) is 6.92 Å². The summed E-state index contributed by atoms with van der Waals surface area (Å²) in [6, 6.07) is 0. The van der Waals surface area contributed by atoms with Crippen molar-refractivity contribution in [2.45, 2.75) is 67.7 Å². The summed E-state index contributed by atoms with van der Waals surface area (Å²) in [6.07, 6.45) is 29.5. The Labute approximate surface area is 190 Å². The fourth-order valence-electron chi connectivity index (χ4n) is 3.55. The van der Waals surface area contributed by atoms with Crippen LogP contribution in [0, 0.1) is 5.41 Å². The van der Waals surface area contributed by atoms with Gasteiger partial charge in [0.25, 0.3) is 0 Å². The number of hydrogen-bond donors (Lipinski definition) is 0. The van der Waals surface area contributed by atoms with Gasteiger partial charge in [0.05, 0.1) is 0 Å². The van der Waals surface area contributed by atoms with Crippen LogP contribution in [0.25, 0.3) is 0 Å². The van der Waals surface area contributed by atoms with Crippen LogP contribution in [0.3, 0.4) is 0 Å². The normalized spacial score (nSPS) is 19.6. The van der Waals surface area contributed by atoms with E-state index in [-0.39, 0.29) is 5.41 Å². The molecule has 0 radical (unpaired) electrons. The van der Waals surface area contributed by atoms with Crippen molar-refractivity contribution >= 4 is 6.29 Å². The largest absolute Gasteiger partial charge is 0.298 e. The lowest BCUT2D eigenvalue weighted by Gasteiger charge is -2.32. The van der Waals surface area contributed by atoms with Crippen LogP contribution in [0.5, 0.6) is 0 Å². The number of rotatable bonds is 9. The second kappa shape index (κ2) is 13.6. The van der Waals surface area contributed by atoms with Crippen molar-refractivity contribution < 1.29 is 4.79 Å². The molecule has 0 aliphatic heterocycles. The van der Waals surface area contributed by atoms with E-state index < -0.39 is 0 Å². The predicted octanol–water partition coefficient (Wildman–Crippen LogP) is 8.72. The van der Waals surface area contributed by atoms with Crippen molar-refractivity contribution in [1.82, 2.24) is 0 Å². The Bertz CT molecular complexity index is 887. The van der Waals surface area contributed by atoms with Gasteiger partial charge in [-0.2, -0.15) is 0 Å². The highest BCUT2D eigenvalue weighted by atomic mass is 16.1. The Morgan fingerprint density at radius 3 is 1.74 bits per heavy atom. The highest BCUT2D eigenvalue weighted by molar-refractivity contribution is 5.72. The molecule has 1 rings (SSSR count). The van der Waals surface area contributed by atoms with Gasteiger partial charge in [-0.25, -0.2) is 0 Å². The van der Waals surface area contributed by atoms with Crippen molar-refractivity contribution in [3.05, 3.63) is 106 Å². The number of allylic oxidation sites excluding steroid dienone is 18. The molecule has 1 aliphatic rings. The molecule has 0 aromatic rings. The van der Waals surface area contributed by atoms with E-state index in [1.165, 1.54) is 41.6 Å². The Morgan fingerprint density at radius 1 is 0.742 bits per heavy atom. The van der Waals surface area contributed by atoms with Crippen LogP contribution >= 0.6 is 0 Å². The second-order valence-corrected chi connectivity index (χ2v) is 9.13. The highest BCUT2D eigenvalue weighted by Crippen LogP contribution is 2.40. The molecule has 0 bridgehead atoms. The summed E-state index contributed by atoms with van der Waals surface area (Å²) >= 11 is 0. The maximum atomic E-state index is 10.6. The lowest BCUT2D eigenvalue weighted by Crippen LogP contribution is -2.19. The van der Waals surface area contributed by atoms with Crippen LogP contribution in [-0.2, 0) is 4.79 Å². The van der Waals surface area contributed by atoms with Gasteiger partial charge in [-0.1, -0.05) is 109 Å². The van der Waals surface area contributed by atoms with Gasteiger partial charge in [0.1, 0.15) is 6.29 Å². The molecule has 0 N–H and O–H groups in total. The van der Waals surface area contributed by atoms with Crippen molar-refractivity contribution in [1.29, 1.82) is 0 Å². The van der Waals surface area contributed by atoms with Gasteiger partial charge in [0, 0.05) is 0 Å². The van der Waals surface area contributed by atoms with Crippen LogP contribution in [0.1, 0.15) is 67.7 Å². The average Bonchev–Trinajstić information content (AvgIpc) is 2.70. The number of carbonyl (C=O) groups is 1. The van der Waals surface area contributed by atoms with E-state index in [0.29, 0.717) is 0 Å². The highest BCUT2D eigenvalue weighted by Gasteiger charge is 2.26. The predicted molar refractivity (Wildman–Crippen MR) is 138 cm³/mol. The van der Waals surface area contributed by atoms with E-state index in [2.05, 4.69) is 71.1 Å². The first kappa shape index (κ1) is 26.4. The monoisotopic (exact) mass is 416 g/mol. The van der Waals surface area contributed by atoms with Gasteiger partial charge < -0.3 is 0 Å². The van der Waals surface area contributed by atoms with Crippen molar-refractivity contribution in [3.63, 3.8) is 0 Å². The molecule has 166 valence electrons. The summed E-state index contributed by atoms with van der Waals surface area (Å²) < 4.78 is 0. The quantitative estimate of drug-likeness (QED) is 0.209. The number of aldehydes is 1. The summed E-state index contributed by atoms with van der Waals surface area (Å²) in [4.78, 5) is 10.6. The topological polar surface area (TPSA) is 17.1 Å². The summed E-state index contributed by atoms with van der Waals surface area (Å²) in [6.45, 7) is 15.1. The Hall–Kier alpha value is -2.67. The molecule has 0 aromatic heterocycles. The third-order valence-corrected chi connectivity index (χ3v) is 5.51. The Balaban J connectivity index is 2.65. The Morgan fingerprint density at radius 2 is 1.23 bits per heavy atom. The summed E-state index contributed by atoms with van der Waals surface area (Å²) in [7, 11) is 0. The maximum Gasteiger partial charge on any atom is 0.145 e. The summed E-state index contributed by atoms with van der Waals surface area (Å²) in [5, 5.41) is 0. The fraction of sp³-hybridized carbons (Fsp3) is 0.367. The van der Waals surface area contributed by atoms with Gasteiger partial charge in [-0.3, -0.25) is 4.79 Å². The molecule has 31 heavy (non-hydrogen) atoms. The zero-order chi connectivity index (χ0) is 23.3. The summed E-state index contributed by atoms with van der Waals surface area (Å²) in [5.41, 5.74) is 7.62. The molecule has 0 amide bonds. The van der Waals surface area contributed by atoms with E-state index in [0.717, 1.165) is 17.4 Å². The van der Waals surface area contributed by atoms with Crippen LogP contribution in [-0.4, -0.2) is 6.29 Å². The molecule has 0 spiro atoms. The molecule has 0 fully saturated rings. The zero-order valence-corrected chi connectivity index (χ0v) is 20.5. The molecule has 1 heteroatoms. The Kier molecular flexibility index (Phi) is 11.6. The SMILES string of the molecule is CC1=C(C=C/C(C)=C/C=C/C(C)=C/C=C/C=C(C)/C=C/C=C(\C)C=O)C(C)(C)CCC1. The minimum atomic E-state index is 0.286. The third-order valence-electron chi connectivity index (χ3n) is 5.51. The first-order valence-electron chi connectivity index (χ1n) is 11.2. The van der Waals surface area contributed by atoms with Gasteiger partial charge in [-0.15, -0.1) is 0 Å². The molecular formula is C30H40O. The van der Waals surface area contributed by atoms with Crippen LogP contribution < -0.4 is 0 Å². The lowest BCUT2D eigenvalue weighted by atomic mass is 9.72. The molecule has 0 atom stereocenters. The first-order valence-corrected chi connectivity index (χ1v) is 11.2. The first-order chi connectivity index (χ1) is 14.7. The van der Waals surface area contributed by atoms with Crippen LogP contribution in [0.2, 0.25) is 0 Å². The molecule has 1 nitrogen and oxygen atoms in total. The molecule has 0 unspecified atom stereocenters. The molecule has 0 heterocycles. The van der Waals surface area contributed by atoms with Crippen LogP contribution in [0.4, 0.5) is 0 Å². The van der Waals surface area contributed by atoms with E-state index in [9.17, 15) is 4.79 Å². The maximum absolute atomic E-state index is 10.6. The van der Waals surface area contributed by atoms with Crippen molar-refractivity contribution in [3.8, 4) is 0 Å².